The van der Waals surface area contributed by atoms with Gasteiger partial charge in [0.2, 0.25) is 5.91 Å². The Hall–Kier alpha value is -1.79. The predicted molar refractivity (Wildman–Crippen MR) is 109 cm³/mol. The van der Waals surface area contributed by atoms with Crippen LogP contribution < -0.4 is 0 Å². The smallest absolute Gasteiger partial charge is 0.224 e. The zero-order chi connectivity index (χ0) is 20.1. The molecule has 0 radical (unpaired) electrons. The molecule has 1 amide bonds. The molecule has 0 N–H and O–H groups in total. The van der Waals surface area contributed by atoms with E-state index in [9.17, 15) is 13.2 Å². The third-order valence-corrected chi connectivity index (χ3v) is 7.17. The molecular formula is C21H26ClNO4S. The lowest BCUT2D eigenvalue weighted by atomic mass is 10.1. The number of halogens is 1. The van der Waals surface area contributed by atoms with Crippen LogP contribution in [0.2, 0.25) is 5.02 Å². The molecule has 1 aliphatic heterocycles. The lowest BCUT2D eigenvalue weighted by Crippen LogP contribution is -2.35. The van der Waals surface area contributed by atoms with Crippen molar-refractivity contribution in [3.63, 3.8) is 0 Å². The summed E-state index contributed by atoms with van der Waals surface area (Å²) in [6, 6.07) is 9.83. The van der Waals surface area contributed by atoms with Gasteiger partial charge in [0.15, 0.2) is 9.84 Å². The van der Waals surface area contributed by atoms with E-state index >= 15 is 0 Å². The van der Waals surface area contributed by atoms with Crippen molar-refractivity contribution >= 4 is 27.3 Å². The summed E-state index contributed by atoms with van der Waals surface area (Å²) >= 11 is 5.83. The van der Waals surface area contributed by atoms with Crippen LogP contribution in [0.5, 0.6) is 0 Å². The molecule has 3 rings (SSSR count). The van der Waals surface area contributed by atoms with Gasteiger partial charge in [-0.05, 0) is 49.2 Å². The number of furan rings is 1. The Morgan fingerprint density at radius 1 is 1.14 bits per heavy atom. The SMILES string of the molecule is CCc1ccc(C2CCCCCN2C(=O)CCS(=O)(=O)c2ccc(Cl)cc2)o1. The van der Waals surface area contributed by atoms with Crippen LogP contribution >= 0.6 is 11.6 Å². The fraction of sp³-hybridized carbons (Fsp3) is 0.476. The average molecular weight is 424 g/mol. The fourth-order valence-electron chi connectivity index (χ4n) is 3.59. The Balaban J connectivity index is 1.72. The number of aryl methyl sites for hydroxylation is 1. The fourth-order valence-corrected chi connectivity index (χ4v) is 4.95. The summed E-state index contributed by atoms with van der Waals surface area (Å²) in [7, 11) is -3.53. The second kappa shape index (κ2) is 9.14. The molecule has 5 nitrogen and oxygen atoms in total. The molecule has 1 aliphatic rings. The highest BCUT2D eigenvalue weighted by atomic mass is 35.5. The molecule has 0 saturated carbocycles. The van der Waals surface area contributed by atoms with Gasteiger partial charge in [0, 0.05) is 24.4 Å². The molecule has 28 heavy (non-hydrogen) atoms. The highest BCUT2D eigenvalue weighted by Gasteiger charge is 2.30. The van der Waals surface area contributed by atoms with E-state index in [0.717, 1.165) is 43.6 Å². The number of carbonyl (C=O) groups excluding carboxylic acids is 1. The van der Waals surface area contributed by atoms with E-state index in [1.54, 1.807) is 12.1 Å². The molecule has 7 heteroatoms. The lowest BCUT2D eigenvalue weighted by molar-refractivity contribution is -0.133. The number of carbonyl (C=O) groups is 1. The van der Waals surface area contributed by atoms with Crippen molar-refractivity contribution in [3.05, 3.63) is 52.9 Å². The molecule has 1 atom stereocenters. The van der Waals surface area contributed by atoms with Crippen molar-refractivity contribution in [1.82, 2.24) is 4.90 Å². The van der Waals surface area contributed by atoms with Crippen molar-refractivity contribution in [2.24, 2.45) is 0 Å². The standard InChI is InChI=1S/C21H26ClNO4S/c1-2-17-9-12-20(27-17)19-6-4-3-5-14-23(19)21(24)13-15-28(25,26)18-10-7-16(22)8-11-18/h7-12,19H,2-6,13-15H2,1H3. The first-order valence-electron chi connectivity index (χ1n) is 9.77. The van der Waals surface area contributed by atoms with Gasteiger partial charge >= 0.3 is 0 Å². The van der Waals surface area contributed by atoms with E-state index in [2.05, 4.69) is 0 Å². The Kier molecular flexibility index (Phi) is 6.83. The molecule has 1 saturated heterocycles. The van der Waals surface area contributed by atoms with Crippen LogP contribution in [-0.4, -0.2) is 31.5 Å². The number of rotatable bonds is 6. The maximum absolute atomic E-state index is 12.9. The summed E-state index contributed by atoms with van der Waals surface area (Å²) in [6.45, 7) is 2.66. The number of hydrogen-bond donors (Lipinski definition) is 0. The van der Waals surface area contributed by atoms with Gasteiger partial charge in [0.25, 0.3) is 0 Å². The van der Waals surface area contributed by atoms with Crippen molar-refractivity contribution < 1.29 is 17.6 Å². The zero-order valence-corrected chi connectivity index (χ0v) is 17.6. The maximum Gasteiger partial charge on any atom is 0.224 e. The average Bonchev–Trinajstić information content (AvgIpc) is 3.03. The van der Waals surface area contributed by atoms with Gasteiger partial charge in [-0.15, -0.1) is 0 Å². The molecule has 1 aromatic carbocycles. The molecule has 1 fully saturated rings. The first-order valence-corrected chi connectivity index (χ1v) is 11.8. The van der Waals surface area contributed by atoms with Crippen molar-refractivity contribution in [1.29, 1.82) is 0 Å². The summed E-state index contributed by atoms with van der Waals surface area (Å²) < 4.78 is 31.0. The first-order chi connectivity index (χ1) is 13.4. The number of amides is 1. The normalized spacial score (nSPS) is 18.1. The van der Waals surface area contributed by atoms with E-state index in [1.807, 2.05) is 24.0 Å². The van der Waals surface area contributed by atoms with Gasteiger partial charge in [-0.3, -0.25) is 4.79 Å². The molecule has 2 heterocycles. The van der Waals surface area contributed by atoms with Gasteiger partial charge in [-0.1, -0.05) is 31.4 Å². The largest absolute Gasteiger partial charge is 0.464 e. The number of sulfone groups is 1. The minimum absolute atomic E-state index is 0.0389. The van der Waals surface area contributed by atoms with E-state index in [0.29, 0.717) is 11.6 Å². The first kappa shape index (κ1) is 20.9. The molecule has 0 spiro atoms. The summed E-state index contributed by atoms with van der Waals surface area (Å²) in [6.07, 6.45) is 4.62. The van der Waals surface area contributed by atoms with Crippen molar-refractivity contribution in [2.75, 3.05) is 12.3 Å². The second-order valence-corrected chi connectivity index (χ2v) is 9.68. The molecule has 0 bridgehead atoms. The van der Waals surface area contributed by atoms with E-state index in [1.165, 1.54) is 12.1 Å². The summed E-state index contributed by atoms with van der Waals surface area (Å²) in [5.74, 6) is 1.35. The summed E-state index contributed by atoms with van der Waals surface area (Å²) in [5.41, 5.74) is 0. The van der Waals surface area contributed by atoms with E-state index < -0.39 is 9.84 Å². The van der Waals surface area contributed by atoms with Gasteiger partial charge in [0.1, 0.15) is 11.5 Å². The monoisotopic (exact) mass is 423 g/mol. The Morgan fingerprint density at radius 2 is 1.89 bits per heavy atom. The highest BCUT2D eigenvalue weighted by Crippen LogP contribution is 2.32. The number of nitrogens with zero attached hydrogens (tertiary/aromatic N) is 1. The van der Waals surface area contributed by atoms with Gasteiger partial charge in [-0.2, -0.15) is 0 Å². The van der Waals surface area contributed by atoms with Crippen LogP contribution in [0.3, 0.4) is 0 Å². The Morgan fingerprint density at radius 3 is 2.57 bits per heavy atom. The quantitative estimate of drug-likeness (QED) is 0.669. The van der Waals surface area contributed by atoms with Gasteiger partial charge in [-0.25, -0.2) is 8.42 Å². The van der Waals surface area contributed by atoms with Crippen molar-refractivity contribution in [3.8, 4) is 0 Å². The number of benzene rings is 1. The van der Waals surface area contributed by atoms with Crippen LogP contribution in [0.4, 0.5) is 0 Å². The van der Waals surface area contributed by atoms with Crippen LogP contribution in [0.15, 0.2) is 45.7 Å². The minimum atomic E-state index is -3.53. The Labute approximate surface area is 171 Å². The predicted octanol–water partition coefficient (Wildman–Crippen LogP) is 4.80. The third-order valence-electron chi connectivity index (χ3n) is 5.19. The van der Waals surface area contributed by atoms with Crippen LogP contribution in [-0.2, 0) is 21.1 Å². The van der Waals surface area contributed by atoms with Crippen LogP contribution in [0.25, 0.3) is 0 Å². The van der Waals surface area contributed by atoms with Crippen molar-refractivity contribution in [2.45, 2.75) is 56.4 Å². The topological polar surface area (TPSA) is 67.6 Å². The maximum atomic E-state index is 12.9. The van der Waals surface area contributed by atoms with Gasteiger partial charge in [0.05, 0.1) is 16.7 Å². The van der Waals surface area contributed by atoms with Crippen LogP contribution in [0, 0.1) is 0 Å². The summed E-state index contributed by atoms with van der Waals surface area (Å²) in [4.78, 5) is 14.9. The molecule has 152 valence electrons. The molecule has 2 aromatic rings. The highest BCUT2D eigenvalue weighted by molar-refractivity contribution is 7.91. The molecular weight excluding hydrogens is 398 g/mol. The van der Waals surface area contributed by atoms with E-state index in [-0.39, 0.29) is 29.0 Å². The Bertz CT molecular complexity index is 905. The summed E-state index contributed by atoms with van der Waals surface area (Å²) in [5, 5.41) is 0.479. The molecule has 0 aliphatic carbocycles. The number of likely N-dealkylation sites (tertiary alicyclic amines) is 1. The van der Waals surface area contributed by atoms with Crippen LogP contribution in [0.1, 0.15) is 56.6 Å². The molecule has 1 unspecified atom stereocenters. The molecule has 1 aromatic heterocycles. The van der Waals surface area contributed by atoms with Gasteiger partial charge < -0.3 is 9.32 Å². The third kappa shape index (κ3) is 4.97. The number of hydrogen-bond acceptors (Lipinski definition) is 4. The van der Waals surface area contributed by atoms with E-state index in [4.69, 9.17) is 16.0 Å². The zero-order valence-electron chi connectivity index (χ0n) is 16.1. The second-order valence-electron chi connectivity index (χ2n) is 7.13. The lowest BCUT2D eigenvalue weighted by Gasteiger charge is -2.28. The minimum Gasteiger partial charge on any atom is -0.464 e.